The number of unbranched alkanes of at least 4 members (excludes halogenated alkanes) is 1. The molecule has 0 atom stereocenters. The summed E-state index contributed by atoms with van der Waals surface area (Å²) in [6.45, 7) is 2.11. The SMILES string of the molecule is CCCCC(=CC(=O)NNC(=O)c1ccc(C(OC)OC)cc1)c1ccccc1. The maximum Gasteiger partial charge on any atom is 0.269 e. The molecule has 0 aliphatic rings. The number of hydrazine groups is 1. The van der Waals surface area contributed by atoms with Gasteiger partial charge in [0.1, 0.15) is 0 Å². The van der Waals surface area contributed by atoms with E-state index in [1.54, 1.807) is 38.5 Å². The smallest absolute Gasteiger partial charge is 0.269 e. The van der Waals surface area contributed by atoms with Crippen LogP contribution >= 0.6 is 0 Å². The van der Waals surface area contributed by atoms with Crippen molar-refractivity contribution in [2.24, 2.45) is 0 Å². The number of hydrogen-bond donors (Lipinski definition) is 2. The zero-order chi connectivity index (χ0) is 21.1. The lowest BCUT2D eigenvalue weighted by Gasteiger charge is -2.14. The van der Waals surface area contributed by atoms with Gasteiger partial charge in [0.25, 0.3) is 11.8 Å². The van der Waals surface area contributed by atoms with E-state index in [-0.39, 0.29) is 5.91 Å². The van der Waals surface area contributed by atoms with Gasteiger partial charge in [0, 0.05) is 31.4 Å². The zero-order valence-corrected chi connectivity index (χ0v) is 17.1. The fourth-order valence-electron chi connectivity index (χ4n) is 2.86. The lowest BCUT2D eigenvalue weighted by molar-refractivity contribution is -0.117. The van der Waals surface area contributed by atoms with Crippen LogP contribution < -0.4 is 10.9 Å². The molecule has 0 unspecified atom stereocenters. The first-order valence-corrected chi connectivity index (χ1v) is 9.60. The number of carbonyl (C=O) groups is 2. The average Bonchev–Trinajstić information content (AvgIpc) is 2.77. The predicted molar refractivity (Wildman–Crippen MR) is 113 cm³/mol. The molecule has 0 heterocycles. The van der Waals surface area contributed by atoms with Crippen molar-refractivity contribution in [3.05, 3.63) is 77.4 Å². The quantitative estimate of drug-likeness (QED) is 0.381. The van der Waals surface area contributed by atoms with Gasteiger partial charge >= 0.3 is 0 Å². The molecule has 0 saturated heterocycles. The molecule has 2 N–H and O–H groups in total. The van der Waals surface area contributed by atoms with Gasteiger partial charge in [-0.1, -0.05) is 55.8 Å². The summed E-state index contributed by atoms with van der Waals surface area (Å²) < 4.78 is 10.4. The topological polar surface area (TPSA) is 76.7 Å². The predicted octanol–water partition coefficient (Wildman–Crippen LogP) is 4.01. The van der Waals surface area contributed by atoms with Gasteiger partial charge < -0.3 is 9.47 Å². The summed E-state index contributed by atoms with van der Waals surface area (Å²) >= 11 is 0. The molecule has 0 saturated carbocycles. The Hall–Kier alpha value is -2.96. The van der Waals surface area contributed by atoms with Crippen LogP contribution in [0, 0.1) is 0 Å². The van der Waals surface area contributed by atoms with Crippen molar-refractivity contribution in [3.63, 3.8) is 0 Å². The van der Waals surface area contributed by atoms with Crippen molar-refractivity contribution in [3.8, 4) is 0 Å². The molecule has 6 heteroatoms. The molecule has 0 aliphatic heterocycles. The van der Waals surface area contributed by atoms with E-state index in [2.05, 4.69) is 17.8 Å². The Balaban J connectivity index is 1.99. The van der Waals surface area contributed by atoms with E-state index in [9.17, 15) is 9.59 Å². The molecule has 2 aromatic carbocycles. The second-order valence-corrected chi connectivity index (χ2v) is 6.51. The zero-order valence-electron chi connectivity index (χ0n) is 17.1. The van der Waals surface area contributed by atoms with Gasteiger partial charge in [0.05, 0.1) is 0 Å². The molecule has 0 spiro atoms. The first-order chi connectivity index (χ1) is 14.1. The third-order valence-electron chi connectivity index (χ3n) is 4.42. The molecule has 2 rings (SSSR count). The van der Waals surface area contributed by atoms with Crippen LogP contribution in [-0.2, 0) is 14.3 Å². The number of rotatable bonds is 9. The van der Waals surface area contributed by atoms with E-state index in [0.717, 1.165) is 36.0 Å². The summed E-state index contributed by atoms with van der Waals surface area (Å²) in [4.78, 5) is 24.6. The molecular weight excluding hydrogens is 368 g/mol. The van der Waals surface area contributed by atoms with Crippen molar-refractivity contribution in [2.45, 2.75) is 32.5 Å². The Morgan fingerprint density at radius 3 is 2.17 bits per heavy atom. The second-order valence-electron chi connectivity index (χ2n) is 6.51. The van der Waals surface area contributed by atoms with E-state index >= 15 is 0 Å². The molecule has 0 aliphatic carbocycles. The van der Waals surface area contributed by atoms with E-state index in [1.165, 1.54) is 6.08 Å². The molecule has 2 amide bonds. The molecule has 2 aromatic rings. The Labute approximate surface area is 171 Å². The molecule has 0 aromatic heterocycles. The molecular formula is C23H28N2O4. The molecule has 29 heavy (non-hydrogen) atoms. The summed E-state index contributed by atoms with van der Waals surface area (Å²) in [5, 5.41) is 0. The number of amides is 2. The maximum absolute atomic E-state index is 12.3. The van der Waals surface area contributed by atoms with Crippen LogP contribution in [0.2, 0.25) is 0 Å². The fourth-order valence-corrected chi connectivity index (χ4v) is 2.86. The Bertz CT molecular complexity index is 813. The van der Waals surface area contributed by atoms with E-state index in [0.29, 0.717) is 5.56 Å². The standard InChI is InChI=1S/C23H28N2O4/c1-4-5-9-20(17-10-7-6-8-11-17)16-21(26)24-25-22(27)18-12-14-19(15-13-18)23(28-2)29-3/h6-8,10-16,23H,4-5,9H2,1-3H3,(H,24,26)(H,25,27). The van der Waals surface area contributed by atoms with Crippen molar-refractivity contribution < 1.29 is 19.1 Å². The third-order valence-corrected chi connectivity index (χ3v) is 4.42. The lowest BCUT2D eigenvalue weighted by atomic mass is 10.00. The van der Waals surface area contributed by atoms with Gasteiger partial charge in [0.2, 0.25) is 0 Å². The first kappa shape index (κ1) is 22.3. The molecule has 0 fully saturated rings. The summed E-state index contributed by atoms with van der Waals surface area (Å²) in [5.74, 6) is -0.775. The van der Waals surface area contributed by atoms with E-state index in [1.807, 2.05) is 30.3 Å². The van der Waals surface area contributed by atoms with E-state index < -0.39 is 12.2 Å². The summed E-state index contributed by atoms with van der Waals surface area (Å²) in [5.41, 5.74) is 8.05. The fraction of sp³-hybridized carbons (Fsp3) is 0.304. The van der Waals surface area contributed by atoms with Crippen LogP contribution in [-0.4, -0.2) is 26.0 Å². The van der Waals surface area contributed by atoms with Gasteiger partial charge in [-0.05, 0) is 36.1 Å². The van der Waals surface area contributed by atoms with Gasteiger partial charge in [-0.25, -0.2) is 0 Å². The van der Waals surface area contributed by atoms with Crippen LogP contribution in [0.15, 0.2) is 60.7 Å². The van der Waals surface area contributed by atoms with Gasteiger partial charge in [-0.15, -0.1) is 0 Å². The van der Waals surface area contributed by atoms with Crippen LogP contribution in [0.3, 0.4) is 0 Å². The minimum Gasteiger partial charge on any atom is -0.352 e. The number of benzene rings is 2. The molecule has 154 valence electrons. The highest BCUT2D eigenvalue weighted by Gasteiger charge is 2.11. The normalized spacial score (nSPS) is 11.4. The van der Waals surface area contributed by atoms with Crippen LogP contribution in [0.25, 0.3) is 5.57 Å². The molecule has 6 nitrogen and oxygen atoms in total. The minimum absolute atomic E-state index is 0.372. The van der Waals surface area contributed by atoms with Crippen LogP contribution in [0.5, 0.6) is 0 Å². The van der Waals surface area contributed by atoms with Crippen molar-refractivity contribution >= 4 is 17.4 Å². The highest BCUT2D eigenvalue weighted by atomic mass is 16.7. The maximum atomic E-state index is 12.3. The number of nitrogens with one attached hydrogen (secondary N) is 2. The van der Waals surface area contributed by atoms with E-state index in [4.69, 9.17) is 9.47 Å². The summed E-state index contributed by atoms with van der Waals surface area (Å²) in [6.07, 6.45) is 3.86. The van der Waals surface area contributed by atoms with Gasteiger partial charge in [0.15, 0.2) is 6.29 Å². The minimum atomic E-state index is -0.489. The monoisotopic (exact) mass is 396 g/mol. The first-order valence-electron chi connectivity index (χ1n) is 9.60. The number of hydrogen-bond acceptors (Lipinski definition) is 4. The Morgan fingerprint density at radius 1 is 0.931 bits per heavy atom. The number of methoxy groups -OCH3 is 2. The molecule has 0 radical (unpaired) electrons. The largest absolute Gasteiger partial charge is 0.352 e. The third kappa shape index (κ3) is 6.85. The summed E-state index contributed by atoms with van der Waals surface area (Å²) in [7, 11) is 3.09. The average molecular weight is 396 g/mol. The summed E-state index contributed by atoms with van der Waals surface area (Å²) in [6, 6.07) is 16.5. The van der Waals surface area contributed by atoms with Crippen molar-refractivity contribution in [1.82, 2.24) is 10.9 Å². The molecule has 0 bridgehead atoms. The highest BCUT2D eigenvalue weighted by Crippen LogP contribution is 2.20. The second kappa shape index (κ2) is 11.8. The number of allylic oxidation sites excluding steroid dienone is 1. The van der Waals surface area contributed by atoms with Crippen LogP contribution in [0.1, 0.15) is 54.0 Å². The van der Waals surface area contributed by atoms with Gasteiger partial charge in [-0.3, -0.25) is 20.4 Å². The number of carbonyl (C=O) groups excluding carboxylic acids is 2. The Morgan fingerprint density at radius 2 is 1.59 bits per heavy atom. The highest BCUT2D eigenvalue weighted by molar-refractivity contribution is 5.99. The number of ether oxygens (including phenoxy) is 2. The van der Waals surface area contributed by atoms with Crippen LogP contribution in [0.4, 0.5) is 0 Å². The van der Waals surface area contributed by atoms with Crippen molar-refractivity contribution in [2.75, 3.05) is 14.2 Å². The Kier molecular flexibility index (Phi) is 9.08. The van der Waals surface area contributed by atoms with Crippen molar-refractivity contribution in [1.29, 1.82) is 0 Å². The van der Waals surface area contributed by atoms with Gasteiger partial charge in [-0.2, -0.15) is 0 Å². The lowest BCUT2D eigenvalue weighted by Crippen LogP contribution is -2.40.